The van der Waals surface area contributed by atoms with Gasteiger partial charge >= 0.3 is 0 Å². The van der Waals surface area contributed by atoms with Crippen LogP contribution in [0.3, 0.4) is 0 Å². The van der Waals surface area contributed by atoms with Gasteiger partial charge in [0, 0.05) is 29.0 Å². The first kappa shape index (κ1) is 11.4. The fourth-order valence-corrected chi connectivity index (χ4v) is 2.79. The molecule has 2 aromatic rings. The number of halogens is 2. The first-order valence-corrected chi connectivity index (χ1v) is 6.53. The van der Waals surface area contributed by atoms with Gasteiger partial charge in [-0.05, 0) is 0 Å². The Morgan fingerprint density at radius 1 is 1.41 bits per heavy atom. The molecule has 5 nitrogen and oxygen atoms in total. The first-order chi connectivity index (χ1) is 8.15. The normalized spacial score (nSPS) is 23.7. The Bertz CT molecular complexity index is 612. The molecule has 1 aliphatic carbocycles. The van der Waals surface area contributed by atoms with E-state index in [1.165, 1.54) is 0 Å². The van der Waals surface area contributed by atoms with Crippen molar-refractivity contribution >= 4 is 45.4 Å². The molecule has 2 atom stereocenters. The second-order valence-corrected chi connectivity index (χ2v) is 5.19. The minimum absolute atomic E-state index is 0.0803. The summed E-state index contributed by atoms with van der Waals surface area (Å²) in [5.74, 6) is 0. The van der Waals surface area contributed by atoms with Crippen LogP contribution in [0.1, 0.15) is 12.5 Å². The van der Waals surface area contributed by atoms with E-state index in [2.05, 4.69) is 15.0 Å². The maximum Gasteiger partial charge on any atom is 0.194 e. The number of hydrogen-bond donors (Lipinski definition) is 1. The second-order valence-electron chi connectivity index (χ2n) is 3.86. The molecule has 17 heavy (non-hydrogen) atoms. The van der Waals surface area contributed by atoms with Crippen molar-refractivity contribution in [3.8, 4) is 0 Å². The lowest BCUT2D eigenvalue weighted by atomic mass is 10.2. The third-order valence-corrected chi connectivity index (χ3v) is 3.49. The van der Waals surface area contributed by atoms with Crippen LogP contribution >= 0.6 is 34.2 Å². The summed E-state index contributed by atoms with van der Waals surface area (Å²) in [6.07, 6.45) is 5.67. The van der Waals surface area contributed by atoms with Crippen LogP contribution < -0.4 is 0 Å². The quantitative estimate of drug-likeness (QED) is 0.364. The zero-order valence-electron chi connectivity index (χ0n) is 8.59. The molecule has 0 spiro atoms. The van der Waals surface area contributed by atoms with E-state index in [4.69, 9.17) is 11.6 Å². The standard InChI is InChI=1S/C10H8ClIN4O/c11-8-7-9(15-10(12)14-8)16(4-13-7)5-1-2-6(17)3-5/h1-2,4-6,17H,3H2/t5-,6+/m0/s1. The minimum atomic E-state index is -0.395. The maximum atomic E-state index is 9.50. The number of imidazole rings is 1. The average molecular weight is 363 g/mol. The lowest BCUT2D eigenvalue weighted by molar-refractivity contribution is 0.211. The molecule has 2 aromatic heterocycles. The largest absolute Gasteiger partial charge is 0.389 e. The number of fused-ring (bicyclic) bond motifs is 1. The lowest BCUT2D eigenvalue weighted by Gasteiger charge is -2.11. The number of allylic oxidation sites excluding steroid dienone is 1. The van der Waals surface area contributed by atoms with Crippen molar-refractivity contribution in [2.45, 2.75) is 18.6 Å². The topological polar surface area (TPSA) is 63.8 Å². The van der Waals surface area contributed by atoms with Crippen molar-refractivity contribution < 1.29 is 5.11 Å². The van der Waals surface area contributed by atoms with Gasteiger partial charge in [0.2, 0.25) is 0 Å². The fraction of sp³-hybridized carbons (Fsp3) is 0.300. The summed E-state index contributed by atoms with van der Waals surface area (Å²) < 4.78 is 2.50. The molecule has 1 aliphatic rings. The van der Waals surface area contributed by atoms with Crippen molar-refractivity contribution in [2.24, 2.45) is 0 Å². The van der Waals surface area contributed by atoms with Crippen LogP contribution in [0.5, 0.6) is 0 Å². The summed E-state index contributed by atoms with van der Waals surface area (Å²) in [4.78, 5) is 12.6. The van der Waals surface area contributed by atoms with E-state index in [0.29, 0.717) is 26.6 Å². The van der Waals surface area contributed by atoms with Crippen molar-refractivity contribution in [1.29, 1.82) is 0 Å². The molecule has 0 saturated carbocycles. The highest BCUT2D eigenvalue weighted by atomic mass is 127. The van der Waals surface area contributed by atoms with Gasteiger partial charge in [0.05, 0.1) is 18.5 Å². The molecule has 0 bridgehead atoms. The first-order valence-electron chi connectivity index (χ1n) is 5.07. The number of aliphatic hydroxyl groups is 1. The van der Waals surface area contributed by atoms with E-state index in [0.717, 1.165) is 0 Å². The third-order valence-electron chi connectivity index (χ3n) is 2.75. The Morgan fingerprint density at radius 2 is 2.24 bits per heavy atom. The van der Waals surface area contributed by atoms with Gasteiger partial charge in [-0.25, -0.2) is 15.0 Å². The van der Waals surface area contributed by atoms with Crippen LogP contribution in [0.25, 0.3) is 11.2 Å². The minimum Gasteiger partial charge on any atom is -0.389 e. The maximum absolute atomic E-state index is 9.50. The molecular weight excluding hydrogens is 354 g/mol. The van der Waals surface area contributed by atoms with Gasteiger partial charge in [-0.2, -0.15) is 0 Å². The molecule has 0 aliphatic heterocycles. The Balaban J connectivity index is 2.15. The smallest absolute Gasteiger partial charge is 0.194 e. The Morgan fingerprint density at radius 3 is 2.94 bits per heavy atom. The van der Waals surface area contributed by atoms with Crippen molar-refractivity contribution in [1.82, 2.24) is 19.5 Å². The highest BCUT2D eigenvalue weighted by Crippen LogP contribution is 2.28. The molecule has 0 aromatic carbocycles. The predicted octanol–water partition coefficient (Wildman–Crippen LogP) is 1.95. The summed E-state index contributed by atoms with van der Waals surface area (Å²) >= 11 is 8.03. The monoisotopic (exact) mass is 362 g/mol. The van der Waals surface area contributed by atoms with Gasteiger partial charge in [0.1, 0.15) is 5.52 Å². The van der Waals surface area contributed by atoms with E-state index in [1.807, 2.05) is 33.2 Å². The number of aromatic nitrogens is 4. The van der Waals surface area contributed by atoms with E-state index in [-0.39, 0.29) is 6.04 Å². The molecule has 0 unspecified atom stereocenters. The van der Waals surface area contributed by atoms with Gasteiger partial charge in [-0.15, -0.1) is 0 Å². The second kappa shape index (κ2) is 4.18. The van der Waals surface area contributed by atoms with Crippen LogP contribution in [0, 0.1) is 3.83 Å². The summed E-state index contributed by atoms with van der Waals surface area (Å²) in [7, 11) is 0. The van der Waals surface area contributed by atoms with Gasteiger partial charge in [0.25, 0.3) is 0 Å². The predicted molar refractivity (Wildman–Crippen MR) is 71.9 cm³/mol. The number of aliphatic hydroxyl groups excluding tert-OH is 1. The van der Waals surface area contributed by atoms with Gasteiger partial charge < -0.3 is 9.67 Å². The SMILES string of the molecule is O[C@@H]1C=C[C@H](n2cnc3c(Cl)nc(I)nc32)C1. The molecule has 0 saturated heterocycles. The molecule has 3 rings (SSSR count). The Hall–Kier alpha value is -0.730. The highest BCUT2D eigenvalue weighted by molar-refractivity contribution is 14.1. The van der Waals surface area contributed by atoms with Crippen molar-refractivity contribution in [3.63, 3.8) is 0 Å². The van der Waals surface area contributed by atoms with Crippen LogP contribution in [-0.4, -0.2) is 30.7 Å². The molecular formula is C10H8ClIN4O. The lowest BCUT2D eigenvalue weighted by Crippen LogP contribution is -2.08. The number of hydrogen-bond acceptors (Lipinski definition) is 4. The van der Waals surface area contributed by atoms with E-state index < -0.39 is 6.10 Å². The number of nitrogens with zero attached hydrogens (tertiary/aromatic N) is 4. The van der Waals surface area contributed by atoms with E-state index in [9.17, 15) is 5.11 Å². The van der Waals surface area contributed by atoms with Crippen LogP contribution in [0.15, 0.2) is 18.5 Å². The summed E-state index contributed by atoms with van der Waals surface area (Å²) in [6, 6.07) is 0.0803. The van der Waals surface area contributed by atoms with Crippen LogP contribution in [-0.2, 0) is 0 Å². The summed E-state index contributed by atoms with van der Waals surface area (Å²) in [5, 5.41) is 9.86. The molecule has 0 radical (unpaired) electrons. The molecule has 7 heteroatoms. The van der Waals surface area contributed by atoms with Crippen molar-refractivity contribution in [2.75, 3.05) is 0 Å². The van der Waals surface area contributed by atoms with Crippen molar-refractivity contribution in [3.05, 3.63) is 27.5 Å². The molecule has 0 fully saturated rings. The van der Waals surface area contributed by atoms with Gasteiger partial charge in [-0.1, -0.05) is 23.8 Å². The van der Waals surface area contributed by atoms with Crippen LogP contribution in [0.4, 0.5) is 0 Å². The van der Waals surface area contributed by atoms with Crippen LogP contribution in [0.2, 0.25) is 5.15 Å². The zero-order chi connectivity index (χ0) is 12.0. The van der Waals surface area contributed by atoms with E-state index >= 15 is 0 Å². The molecule has 88 valence electrons. The summed E-state index contributed by atoms with van der Waals surface area (Å²) in [5.41, 5.74) is 1.31. The molecule has 0 amide bonds. The zero-order valence-corrected chi connectivity index (χ0v) is 11.5. The number of rotatable bonds is 1. The highest BCUT2D eigenvalue weighted by Gasteiger charge is 2.21. The molecule has 1 N–H and O–H groups in total. The average Bonchev–Trinajstić information content (AvgIpc) is 2.83. The van der Waals surface area contributed by atoms with Gasteiger partial charge in [0.15, 0.2) is 14.6 Å². The Kier molecular flexibility index (Phi) is 2.80. The van der Waals surface area contributed by atoms with Gasteiger partial charge in [-0.3, -0.25) is 0 Å². The van der Waals surface area contributed by atoms with E-state index in [1.54, 1.807) is 12.4 Å². The Labute approximate surface area is 116 Å². The third kappa shape index (κ3) is 1.94. The fourth-order valence-electron chi connectivity index (χ4n) is 1.97. The molecule has 2 heterocycles. The summed E-state index contributed by atoms with van der Waals surface area (Å²) in [6.45, 7) is 0.